The highest BCUT2D eigenvalue weighted by Crippen LogP contribution is 2.28. The predicted molar refractivity (Wildman–Crippen MR) is 65.8 cm³/mol. The summed E-state index contributed by atoms with van der Waals surface area (Å²) in [5, 5.41) is 10.7. The smallest absolute Gasteiger partial charge is 0.231 e. The minimum Gasteiger partial charge on any atom is -0.338 e. The fraction of sp³-hybridized carbons (Fsp3) is 0.333. The molecule has 0 aromatic carbocycles. The molecule has 0 spiro atoms. The number of hydrogen-bond acceptors (Lipinski definition) is 4. The molecule has 5 heteroatoms. The Kier molecular flexibility index (Phi) is 2.68. The van der Waals surface area contributed by atoms with Crippen molar-refractivity contribution >= 4 is 23.1 Å². The van der Waals surface area contributed by atoms with Crippen LogP contribution in [-0.2, 0) is 4.79 Å². The highest BCUT2D eigenvalue weighted by molar-refractivity contribution is 7.08. The van der Waals surface area contributed by atoms with Gasteiger partial charge in [-0.25, -0.2) is 0 Å². The summed E-state index contributed by atoms with van der Waals surface area (Å²) in [7, 11) is 0. The van der Waals surface area contributed by atoms with Crippen LogP contribution in [0.5, 0.6) is 0 Å². The van der Waals surface area contributed by atoms with Crippen molar-refractivity contribution in [2.45, 2.75) is 19.3 Å². The van der Waals surface area contributed by atoms with Gasteiger partial charge in [-0.1, -0.05) is 11.6 Å². The number of hydrogen-bond donors (Lipinski definition) is 1. The van der Waals surface area contributed by atoms with E-state index < -0.39 is 0 Å². The molecule has 1 fully saturated rings. The number of anilines is 1. The molecule has 1 aliphatic carbocycles. The van der Waals surface area contributed by atoms with Crippen LogP contribution in [0.1, 0.15) is 19.3 Å². The maximum absolute atomic E-state index is 11.7. The van der Waals surface area contributed by atoms with Gasteiger partial charge in [-0.05, 0) is 24.3 Å². The van der Waals surface area contributed by atoms with E-state index in [0.29, 0.717) is 5.88 Å². The number of nitrogens with one attached hydrogen (secondary N) is 1. The monoisotopic (exact) mass is 248 g/mol. The molecule has 0 unspecified atom stereocenters. The van der Waals surface area contributed by atoms with Gasteiger partial charge in [0.05, 0.1) is 0 Å². The number of aromatic nitrogens is 1. The van der Waals surface area contributed by atoms with E-state index in [9.17, 15) is 4.79 Å². The first kappa shape index (κ1) is 10.5. The number of amides is 1. The number of carbonyl (C=O) groups is 1. The summed E-state index contributed by atoms with van der Waals surface area (Å²) in [5.74, 6) is 0.636. The van der Waals surface area contributed by atoms with Gasteiger partial charge in [0.1, 0.15) is 5.69 Å². The van der Waals surface area contributed by atoms with Crippen molar-refractivity contribution in [3.63, 3.8) is 0 Å². The average Bonchev–Trinajstić information content (AvgIpc) is 2.82. The Morgan fingerprint density at radius 2 is 2.41 bits per heavy atom. The molecule has 0 atom stereocenters. The number of nitrogens with zero attached hydrogens (tertiary/aromatic N) is 1. The van der Waals surface area contributed by atoms with Crippen LogP contribution in [0.25, 0.3) is 11.3 Å². The third-order valence-electron chi connectivity index (χ3n) is 3.05. The molecule has 1 N–H and O–H groups in total. The first-order valence-electron chi connectivity index (χ1n) is 5.63. The molecule has 4 nitrogen and oxygen atoms in total. The first-order valence-corrected chi connectivity index (χ1v) is 6.57. The molecule has 1 saturated carbocycles. The Balaban J connectivity index is 1.70. The number of rotatable bonds is 3. The molecular weight excluding hydrogens is 236 g/mol. The molecule has 1 aliphatic rings. The minimum atomic E-state index is 0.0456. The molecule has 2 heterocycles. The van der Waals surface area contributed by atoms with Crippen LogP contribution in [0.3, 0.4) is 0 Å². The zero-order chi connectivity index (χ0) is 11.7. The number of carbonyl (C=O) groups excluding carboxylic acids is 1. The Morgan fingerprint density at radius 1 is 1.53 bits per heavy atom. The molecule has 17 heavy (non-hydrogen) atoms. The van der Waals surface area contributed by atoms with Crippen LogP contribution in [0.4, 0.5) is 5.88 Å². The van der Waals surface area contributed by atoms with Gasteiger partial charge in [-0.3, -0.25) is 10.1 Å². The second-order valence-corrected chi connectivity index (χ2v) is 4.99. The SMILES string of the molecule is O=C(Nc1cc(-c2ccsc2)no1)C1CCC1. The summed E-state index contributed by atoms with van der Waals surface area (Å²) in [6.07, 6.45) is 3.11. The Labute approximate surface area is 103 Å². The van der Waals surface area contributed by atoms with Crippen molar-refractivity contribution in [3.8, 4) is 11.3 Å². The van der Waals surface area contributed by atoms with E-state index in [1.807, 2.05) is 16.8 Å². The zero-order valence-corrected chi connectivity index (χ0v) is 10.00. The minimum absolute atomic E-state index is 0.0456. The quantitative estimate of drug-likeness (QED) is 0.907. The molecule has 2 aromatic rings. The topological polar surface area (TPSA) is 55.1 Å². The molecule has 0 aliphatic heterocycles. The Hall–Kier alpha value is -1.62. The van der Waals surface area contributed by atoms with Crippen molar-refractivity contribution in [2.24, 2.45) is 5.92 Å². The molecule has 3 rings (SSSR count). The van der Waals surface area contributed by atoms with Crippen molar-refractivity contribution < 1.29 is 9.32 Å². The molecule has 0 radical (unpaired) electrons. The molecule has 1 amide bonds. The first-order chi connectivity index (χ1) is 8.33. The molecule has 88 valence electrons. The van der Waals surface area contributed by atoms with Crippen molar-refractivity contribution in [1.82, 2.24) is 5.16 Å². The van der Waals surface area contributed by atoms with Crippen LogP contribution in [0.15, 0.2) is 27.4 Å². The molecule has 0 saturated heterocycles. The van der Waals surface area contributed by atoms with Crippen LogP contribution >= 0.6 is 11.3 Å². The van der Waals surface area contributed by atoms with Crippen LogP contribution in [-0.4, -0.2) is 11.1 Å². The fourth-order valence-corrected chi connectivity index (χ4v) is 2.42. The largest absolute Gasteiger partial charge is 0.338 e. The summed E-state index contributed by atoms with van der Waals surface area (Å²) in [6.45, 7) is 0. The van der Waals surface area contributed by atoms with Crippen LogP contribution in [0.2, 0.25) is 0 Å². The van der Waals surface area contributed by atoms with E-state index in [0.717, 1.165) is 30.5 Å². The lowest BCUT2D eigenvalue weighted by Gasteiger charge is -2.23. The molecular formula is C12H12N2O2S. The third kappa shape index (κ3) is 2.10. The maximum Gasteiger partial charge on any atom is 0.231 e. The standard InChI is InChI=1S/C12H12N2O2S/c15-12(8-2-1-3-8)13-11-6-10(14-16-11)9-4-5-17-7-9/h4-8H,1-3H2,(H,13,15). The van der Waals surface area contributed by atoms with Crippen LogP contribution < -0.4 is 5.32 Å². The Bertz CT molecular complexity index is 514. The lowest BCUT2D eigenvalue weighted by Crippen LogP contribution is -2.27. The van der Waals surface area contributed by atoms with Crippen molar-refractivity contribution in [2.75, 3.05) is 5.32 Å². The van der Waals surface area contributed by atoms with Crippen molar-refractivity contribution in [1.29, 1.82) is 0 Å². The van der Waals surface area contributed by atoms with Gasteiger partial charge in [0.15, 0.2) is 0 Å². The normalized spacial score (nSPS) is 15.5. The van der Waals surface area contributed by atoms with Gasteiger partial charge in [0.25, 0.3) is 0 Å². The summed E-state index contributed by atoms with van der Waals surface area (Å²) in [5.41, 5.74) is 1.78. The van der Waals surface area contributed by atoms with E-state index in [2.05, 4.69) is 10.5 Å². The fourth-order valence-electron chi connectivity index (χ4n) is 1.77. The molecule has 0 bridgehead atoms. The van der Waals surface area contributed by atoms with E-state index in [1.165, 1.54) is 0 Å². The van der Waals surface area contributed by atoms with Gasteiger partial charge in [0, 0.05) is 22.9 Å². The van der Waals surface area contributed by atoms with Gasteiger partial charge in [-0.2, -0.15) is 11.3 Å². The predicted octanol–water partition coefficient (Wildman–Crippen LogP) is 3.14. The van der Waals surface area contributed by atoms with E-state index >= 15 is 0 Å². The Morgan fingerprint density at radius 3 is 3.06 bits per heavy atom. The van der Waals surface area contributed by atoms with E-state index in [4.69, 9.17) is 4.52 Å². The second kappa shape index (κ2) is 4.33. The summed E-state index contributed by atoms with van der Waals surface area (Å²) >= 11 is 1.61. The average molecular weight is 248 g/mol. The van der Waals surface area contributed by atoms with Gasteiger partial charge in [-0.15, -0.1) is 0 Å². The summed E-state index contributed by atoms with van der Waals surface area (Å²) < 4.78 is 5.10. The highest BCUT2D eigenvalue weighted by Gasteiger charge is 2.26. The summed E-state index contributed by atoms with van der Waals surface area (Å²) in [6, 6.07) is 3.73. The van der Waals surface area contributed by atoms with Crippen LogP contribution in [0, 0.1) is 5.92 Å². The number of thiophene rings is 1. The third-order valence-corrected chi connectivity index (χ3v) is 3.73. The lowest BCUT2D eigenvalue weighted by molar-refractivity contribution is -0.122. The summed E-state index contributed by atoms with van der Waals surface area (Å²) in [4.78, 5) is 11.7. The highest BCUT2D eigenvalue weighted by atomic mass is 32.1. The van der Waals surface area contributed by atoms with Gasteiger partial charge < -0.3 is 4.52 Å². The van der Waals surface area contributed by atoms with E-state index in [1.54, 1.807) is 17.4 Å². The lowest BCUT2D eigenvalue weighted by atomic mass is 9.85. The zero-order valence-electron chi connectivity index (χ0n) is 9.18. The van der Waals surface area contributed by atoms with Gasteiger partial charge >= 0.3 is 0 Å². The molecule has 2 aromatic heterocycles. The second-order valence-electron chi connectivity index (χ2n) is 4.21. The van der Waals surface area contributed by atoms with Gasteiger partial charge in [0.2, 0.25) is 11.8 Å². The van der Waals surface area contributed by atoms with Crippen molar-refractivity contribution in [3.05, 3.63) is 22.9 Å². The van der Waals surface area contributed by atoms with E-state index in [-0.39, 0.29) is 11.8 Å². The maximum atomic E-state index is 11.7.